The molecule has 6 heteroatoms. The fourth-order valence-corrected chi connectivity index (χ4v) is 3.77. The minimum absolute atomic E-state index is 0.251. The molecular formula is C11H22BrNO3S. The van der Waals surface area contributed by atoms with Crippen molar-refractivity contribution in [2.24, 2.45) is 0 Å². The molecule has 0 bridgehead atoms. The third-order valence-electron chi connectivity index (χ3n) is 2.97. The van der Waals surface area contributed by atoms with Gasteiger partial charge in [0.1, 0.15) is 0 Å². The standard InChI is InChI=1S/C11H22BrNO3S/c12-7-3-1-2-4-8-13-17(14,15)11-5-9-16-10-6-11/h11,13H,1-10H2. The average molecular weight is 328 g/mol. The molecule has 1 heterocycles. The number of nitrogens with one attached hydrogen (secondary N) is 1. The van der Waals surface area contributed by atoms with Crippen LogP contribution in [-0.2, 0) is 14.8 Å². The largest absolute Gasteiger partial charge is 0.381 e. The van der Waals surface area contributed by atoms with Gasteiger partial charge >= 0.3 is 0 Å². The van der Waals surface area contributed by atoms with Crippen LogP contribution in [0, 0.1) is 0 Å². The Hall–Kier alpha value is 0.350. The van der Waals surface area contributed by atoms with Crippen molar-refractivity contribution < 1.29 is 13.2 Å². The summed E-state index contributed by atoms with van der Waals surface area (Å²) in [6.07, 6.45) is 5.58. The van der Waals surface area contributed by atoms with E-state index >= 15 is 0 Å². The summed E-state index contributed by atoms with van der Waals surface area (Å²) in [5.41, 5.74) is 0. The minimum atomic E-state index is -3.12. The number of alkyl halides is 1. The van der Waals surface area contributed by atoms with E-state index in [2.05, 4.69) is 20.7 Å². The summed E-state index contributed by atoms with van der Waals surface area (Å²) in [5.74, 6) is 0. The van der Waals surface area contributed by atoms with E-state index in [1.54, 1.807) is 0 Å². The molecule has 4 nitrogen and oxygen atoms in total. The van der Waals surface area contributed by atoms with E-state index in [1.807, 2.05) is 0 Å². The smallest absolute Gasteiger partial charge is 0.214 e. The lowest BCUT2D eigenvalue weighted by atomic mass is 10.2. The highest BCUT2D eigenvalue weighted by Crippen LogP contribution is 2.14. The monoisotopic (exact) mass is 327 g/mol. The van der Waals surface area contributed by atoms with Crippen LogP contribution in [0.4, 0.5) is 0 Å². The lowest BCUT2D eigenvalue weighted by Crippen LogP contribution is -2.38. The van der Waals surface area contributed by atoms with E-state index in [0.29, 0.717) is 32.6 Å². The Morgan fingerprint density at radius 1 is 1.12 bits per heavy atom. The number of rotatable bonds is 8. The van der Waals surface area contributed by atoms with Gasteiger partial charge in [0.25, 0.3) is 0 Å². The maximum absolute atomic E-state index is 11.9. The molecule has 0 saturated carbocycles. The van der Waals surface area contributed by atoms with Crippen LogP contribution in [0.3, 0.4) is 0 Å². The quantitative estimate of drug-likeness (QED) is 0.548. The molecule has 0 atom stereocenters. The topological polar surface area (TPSA) is 55.4 Å². The Morgan fingerprint density at radius 3 is 2.41 bits per heavy atom. The lowest BCUT2D eigenvalue weighted by molar-refractivity contribution is 0.0981. The van der Waals surface area contributed by atoms with E-state index in [9.17, 15) is 8.42 Å². The zero-order valence-electron chi connectivity index (χ0n) is 10.2. The van der Waals surface area contributed by atoms with Crippen LogP contribution in [0.15, 0.2) is 0 Å². The summed E-state index contributed by atoms with van der Waals surface area (Å²) in [4.78, 5) is 0. The van der Waals surface area contributed by atoms with Gasteiger partial charge in [0.05, 0.1) is 5.25 Å². The molecule has 1 rings (SSSR count). The zero-order valence-corrected chi connectivity index (χ0v) is 12.6. The molecule has 0 unspecified atom stereocenters. The second-order valence-corrected chi connectivity index (χ2v) is 7.19. The molecule has 1 N–H and O–H groups in total. The number of ether oxygens (including phenoxy) is 1. The first-order valence-electron chi connectivity index (χ1n) is 6.29. The number of sulfonamides is 1. The van der Waals surface area contributed by atoms with Crippen LogP contribution < -0.4 is 4.72 Å². The van der Waals surface area contributed by atoms with Crippen molar-refractivity contribution in [2.75, 3.05) is 25.1 Å². The molecular weight excluding hydrogens is 306 g/mol. The SMILES string of the molecule is O=S(=O)(NCCCCCCBr)C1CCOCC1. The summed E-state index contributed by atoms with van der Waals surface area (Å²) < 4.78 is 31.7. The number of halogens is 1. The molecule has 1 aliphatic heterocycles. The molecule has 0 aromatic heterocycles. The Bertz CT molecular complexity index is 289. The van der Waals surface area contributed by atoms with Gasteiger partial charge < -0.3 is 4.74 Å². The predicted molar refractivity (Wildman–Crippen MR) is 73.0 cm³/mol. The first kappa shape index (κ1) is 15.4. The molecule has 0 spiro atoms. The maximum atomic E-state index is 11.9. The first-order valence-corrected chi connectivity index (χ1v) is 8.96. The molecule has 0 aliphatic carbocycles. The number of hydrogen-bond donors (Lipinski definition) is 1. The highest BCUT2D eigenvalue weighted by Gasteiger charge is 2.26. The normalized spacial score (nSPS) is 18.4. The predicted octanol–water partition coefficient (Wildman–Crippen LogP) is 2.04. The van der Waals surface area contributed by atoms with Gasteiger partial charge in [-0.25, -0.2) is 13.1 Å². The minimum Gasteiger partial charge on any atom is -0.381 e. The van der Waals surface area contributed by atoms with Crippen LogP contribution in [0.1, 0.15) is 38.5 Å². The van der Waals surface area contributed by atoms with Gasteiger partial charge in [-0.05, 0) is 25.7 Å². The Balaban J connectivity index is 2.15. The van der Waals surface area contributed by atoms with Crippen molar-refractivity contribution in [1.82, 2.24) is 4.72 Å². The molecule has 1 saturated heterocycles. The van der Waals surface area contributed by atoms with E-state index in [0.717, 1.165) is 31.0 Å². The van der Waals surface area contributed by atoms with Gasteiger partial charge in [0.2, 0.25) is 10.0 Å². The molecule has 1 aliphatic rings. The van der Waals surface area contributed by atoms with Crippen molar-refractivity contribution in [3.63, 3.8) is 0 Å². The summed E-state index contributed by atoms with van der Waals surface area (Å²) in [6, 6.07) is 0. The maximum Gasteiger partial charge on any atom is 0.214 e. The molecule has 17 heavy (non-hydrogen) atoms. The van der Waals surface area contributed by atoms with E-state index in [1.165, 1.54) is 0 Å². The Kier molecular flexibility index (Phi) is 7.66. The van der Waals surface area contributed by atoms with Gasteiger partial charge in [0.15, 0.2) is 0 Å². The third-order valence-corrected chi connectivity index (χ3v) is 5.49. The fourth-order valence-electron chi connectivity index (χ4n) is 1.89. The highest BCUT2D eigenvalue weighted by atomic mass is 79.9. The number of unbranched alkanes of at least 4 members (excludes halogenated alkanes) is 3. The third kappa shape index (κ3) is 6.18. The van der Waals surface area contributed by atoms with E-state index in [-0.39, 0.29) is 5.25 Å². The van der Waals surface area contributed by atoms with Gasteiger partial charge in [-0.3, -0.25) is 0 Å². The molecule has 0 aromatic carbocycles. The van der Waals surface area contributed by atoms with E-state index in [4.69, 9.17) is 4.74 Å². The van der Waals surface area contributed by atoms with Crippen LogP contribution in [0.25, 0.3) is 0 Å². The average Bonchev–Trinajstić information content (AvgIpc) is 2.35. The highest BCUT2D eigenvalue weighted by molar-refractivity contribution is 9.09. The molecule has 0 radical (unpaired) electrons. The van der Waals surface area contributed by atoms with Gasteiger partial charge in [-0.2, -0.15) is 0 Å². The van der Waals surface area contributed by atoms with Gasteiger partial charge in [-0.1, -0.05) is 28.8 Å². The van der Waals surface area contributed by atoms with Crippen LogP contribution in [-0.4, -0.2) is 38.8 Å². The molecule has 0 amide bonds. The molecule has 0 aromatic rings. The zero-order chi connectivity index (χ0) is 12.6. The van der Waals surface area contributed by atoms with Crippen LogP contribution in [0.5, 0.6) is 0 Å². The summed E-state index contributed by atoms with van der Waals surface area (Å²) in [7, 11) is -3.12. The van der Waals surface area contributed by atoms with Crippen molar-refractivity contribution in [3.8, 4) is 0 Å². The summed E-state index contributed by atoms with van der Waals surface area (Å²) in [5, 5.41) is 0.777. The molecule has 102 valence electrons. The number of hydrogen-bond acceptors (Lipinski definition) is 3. The van der Waals surface area contributed by atoms with Gasteiger partial charge in [-0.15, -0.1) is 0 Å². The van der Waals surface area contributed by atoms with Crippen molar-refractivity contribution in [1.29, 1.82) is 0 Å². The second kappa shape index (κ2) is 8.45. The summed E-state index contributed by atoms with van der Waals surface area (Å²) >= 11 is 3.38. The van der Waals surface area contributed by atoms with Crippen molar-refractivity contribution >= 4 is 26.0 Å². The van der Waals surface area contributed by atoms with Crippen molar-refractivity contribution in [2.45, 2.75) is 43.8 Å². The second-order valence-electron chi connectivity index (χ2n) is 4.35. The lowest BCUT2D eigenvalue weighted by Gasteiger charge is -2.22. The fraction of sp³-hybridized carbons (Fsp3) is 1.00. The Labute approximate surface area is 113 Å². The first-order chi connectivity index (χ1) is 8.17. The van der Waals surface area contributed by atoms with Crippen molar-refractivity contribution in [3.05, 3.63) is 0 Å². The molecule has 1 fully saturated rings. The summed E-state index contributed by atoms with van der Waals surface area (Å²) in [6.45, 7) is 1.70. The van der Waals surface area contributed by atoms with Crippen LogP contribution in [0.2, 0.25) is 0 Å². The Morgan fingerprint density at radius 2 is 1.76 bits per heavy atom. The van der Waals surface area contributed by atoms with Gasteiger partial charge in [0, 0.05) is 25.1 Å². The van der Waals surface area contributed by atoms with Crippen LogP contribution >= 0.6 is 15.9 Å². The van der Waals surface area contributed by atoms with E-state index < -0.39 is 10.0 Å².